The minimum Gasteiger partial charge on any atom is -0.489 e. The van der Waals surface area contributed by atoms with Crippen LogP contribution >= 0.6 is 30.5 Å². The number of rotatable bonds is 6. The van der Waals surface area contributed by atoms with Gasteiger partial charge in [0.1, 0.15) is 11.6 Å². The summed E-state index contributed by atoms with van der Waals surface area (Å²) >= 11 is 11.9. The van der Waals surface area contributed by atoms with E-state index in [2.05, 4.69) is 5.09 Å². The van der Waals surface area contributed by atoms with Crippen LogP contribution < -0.4 is 15.1 Å². The Hall–Kier alpha value is -1.22. The minimum absolute atomic E-state index is 0.0397. The second kappa shape index (κ2) is 7.57. The molecule has 1 unspecified atom stereocenters. The van der Waals surface area contributed by atoms with Crippen molar-refractivity contribution < 1.29 is 13.7 Å². The number of anilines is 1. The van der Waals surface area contributed by atoms with E-state index in [1.54, 1.807) is 30.3 Å². The van der Waals surface area contributed by atoms with Gasteiger partial charge >= 0.3 is 0 Å². The van der Waals surface area contributed by atoms with Crippen LogP contribution in [-0.4, -0.2) is 11.7 Å². The van der Waals surface area contributed by atoms with E-state index in [0.29, 0.717) is 11.1 Å². The van der Waals surface area contributed by atoms with Crippen LogP contribution in [0.25, 0.3) is 0 Å². The number of ether oxygens (including phenoxy) is 1. The van der Waals surface area contributed by atoms with Gasteiger partial charge in [0.2, 0.25) is 7.29 Å². The Labute approximate surface area is 145 Å². The Bertz CT molecular complexity index is 726. The lowest BCUT2D eigenvalue weighted by atomic mass is 10.3. The Morgan fingerprint density at radius 1 is 1.26 bits per heavy atom. The van der Waals surface area contributed by atoms with Crippen LogP contribution in [0, 0.1) is 5.82 Å². The monoisotopic (exact) mass is 375 g/mol. The van der Waals surface area contributed by atoms with Crippen LogP contribution in [0.15, 0.2) is 42.5 Å². The van der Waals surface area contributed by atoms with Crippen LogP contribution in [0.3, 0.4) is 0 Å². The van der Waals surface area contributed by atoms with Crippen molar-refractivity contribution in [3.8, 4) is 5.75 Å². The van der Waals surface area contributed by atoms with Gasteiger partial charge in [0.25, 0.3) is 0 Å². The maximum atomic E-state index is 14.2. The van der Waals surface area contributed by atoms with Crippen LogP contribution in [0.1, 0.15) is 13.8 Å². The van der Waals surface area contributed by atoms with E-state index in [1.807, 2.05) is 13.8 Å². The summed E-state index contributed by atoms with van der Waals surface area (Å²) < 4.78 is 32.8. The van der Waals surface area contributed by atoms with Crippen molar-refractivity contribution in [1.82, 2.24) is 0 Å². The highest BCUT2D eigenvalue weighted by Crippen LogP contribution is 2.47. The fourth-order valence-electron chi connectivity index (χ4n) is 1.99. The molecule has 1 N–H and O–H groups in total. The first-order valence-corrected chi connectivity index (χ1v) is 9.81. The molecule has 0 aliphatic heterocycles. The second-order valence-electron chi connectivity index (χ2n) is 5.24. The Morgan fingerprint density at radius 2 is 1.91 bits per heavy atom. The van der Waals surface area contributed by atoms with Crippen molar-refractivity contribution >= 4 is 41.5 Å². The third kappa shape index (κ3) is 4.41. The molecule has 7 heteroatoms. The number of halogens is 3. The fraction of sp³-hybridized carbons (Fsp3) is 0.250. The molecule has 0 aromatic heterocycles. The first-order valence-electron chi connectivity index (χ1n) is 7.00. The molecule has 0 spiro atoms. The Balaban J connectivity index is 2.40. The summed E-state index contributed by atoms with van der Waals surface area (Å²) in [5.74, 6) is -0.299. The highest BCUT2D eigenvalue weighted by atomic mass is 35.5. The standard InChI is InChI=1S/C16H17Cl2FNO2P/c1-11(2)22-16-9-15(14(19)8-13(16)18)20-23(21,10-17)12-6-4-3-5-7-12/h3-9,11H,10H2,1-2H3,(H,20,21). The van der Waals surface area contributed by atoms with Gasteiger partial charge in [-0.2, -0.15) is 0 Å². The number of benzene rings is 2. The van der Waals surface area contributed by atoms with Gasteiger partial charge < -0.3 is 9.82 Å². The third-order valence-corrected chi connectivity index (χ3v) is 6.40. The molecule has 0 amide bonds. The molecule has 1 atom stereocenters. The summed E-state index contributed by atoms with van der Waals surface area (Å²) in [7, 11) is -3.19. The molecule has 2 rings (SSSR count). The molecule has 0 radical (unpaired) electrons. The molecule has 3 nitrogen and oxygen atoms in total. The summed E-state index contributed by atoms with van der Waals surface area (Å²) in [6, 6.07) is 11.2. The van der Waals surface area contributed by atoms with Gasteiger partial charge in [0.05, 0.1) is 22.4 Å². The zero-order valence-electron chi connectivity index (χ0n) is 12.7. The Morgan fingerprint density at radius 3 is 2.48 bits per heavy atom. The van der Waals surface area contributed by atoms with Crippen LogP contribution in [0.2, 0.25) is 5.02 Å². The summed E-state index contributed by atoms with van der Waals surface area (Å²) in [5, 5.41) is 3.42. The first-order chi connectivity index (χ1) is 10.9. The zero-order chi connectivity index (χ0) is 17.0. The van der Waals surface area contributed by atoms with E-state index in [9.17, 15) is 8.96 Å². The molecule has 0 aliphatic rings. The van der Waals surface area contributed by atoms with Crippen LogP contribution in [-0.2, 0) is 4.57 Å². The zero-order valence-corrected chi connectivity index (χ0v) is 15.1. The molecule has 23 heavy (non-hydrogen) atoms. The second-order valence-corrected chi connectivity index (χ2v) is 8.82. The molecular weight excluding hydrogens is 359 g/mol. The molecule has 0 bridgehead atoms. The molecule has 0 heterocycles. The molecule has 124 valence electrons. The lowest BCUT2D eigenvalue weighted by molar-refractivity contribution is 0.242. The molecular formula is C16H17Cl2FNO2P. The number of alkyl halides is 1. The van der Waals surface area contributed by atoms with Gasteiger partial charge in [-0.15, -0.1) is 11.6 Å². The number of nitrogens with one attached hydrogen (secondary N) is 1. The average molecular weight is 376 g/mol. The maximum absolute atomic E-state index is 14.2. The van der Waals surface area contributed by atoms with Crippen molar-refractivity contribution in [1.29, 1.82) is 0 Å². The molecule has 2 aromatic carbocycles. The van der Waals surface area contributed by atoms with E-state index in [-0.39, 0.29) is 22.4 Å². The normalized spacial score (nSPS) is 13.7. The van der Waals surface area contributed by atoms with Gasteiger partial charge in [0, 0.05) is 11.4 Å². The van der Waals surface area contributed by atoms with E-state index < -0.39 is 13.1 Å². The predicted molar refractivity (Wildman–Crippen MR) is 95.2 cm³/mol. The largest absolute Gasteiger partial charge is 0.489 e. The van der Waals surface area contributed by atoms with Gasteiger partial charge in [-0.05, 0) is 32.0 Å². The summed E-state index contributed by atoms with van der Waals surface area (Å²) in [6.45, 7) is 3.67. The molecule has 0 aliphatic carbocycles. The number of hydrogen-bond acceptors (Lipinski definition) is 2. The fourth-order valence-corrected chi connectivity index (χ4v) is 4.32. The van der Waals surface area contributed by atoms with Gasteiger partial charge in [0.15, 0.2) is 0 Å². The lowest BCUT2D eigenvalue weighted by Crippen LogP contribution is -2.13. The van der Waals surface area contributed by atoms with Gasteiger partial charge in [-0.1, -0.05) is 29.8 Å². The lowest BCUT2D eigenvalue weighted by Gasteiger charge is -2.20. The summed E-state index contributed by atoms with van der Waals surface area (Å²) in [4.78, 5) is 0. The quantitative estimate of drug-likeness (QED) is 0.536. The number of hydrogen-bond donors (Lipinski definition) is 1. The summed E-state index contributed by atoms with van der Waals surface area (Å²) in [5.41, 5.74) is -0.128. The van der Waals surface area contributed by atoms with Crippen molar-refractivity contribution in [2.45, 2.75) is 20.0 Å². The smallest absolute Gasteiger partial charge is 0.212 e. The van der Waals surface area contributed by atoms with E-state index >= 15 is 0 Å². The first kappa shape index (κ1) is 18.1. The van der Waals surface area contributed by atoms with Gasteiger partial charge in [-0.3, -0.25) is 4.57 Å². The van der Waals surface area contributed by atoms with Crippen molar-refractivity contribution in [2.75, 3.05) is 10.7 Å². The van der Waals surface area contributed by atoms with Crippen molar-refractivity contribution in [3.05, 3.63) is 53.3 Å². The molecule has 0 saturated carbocycles. The van der Waals surface area contributed by atoms with Crippen molar-refractivity contribution in [3.63, 3.8) is 0 Å². The highest BCUT2D eigenvalue weighted by molar-refractivity contribution is 7.74. The summed E-state index contributed by atoms with van der Waals surface area (Å²) in [6.07, 6.45) is -0.125. The van der Waals surface area contributed by atoms with E-state index in [1.165, 1.54) is 6.07 Å². The van der Waals surface area contributed by atoms with Crippen molar-refractivity contribution in [2.24, 2.45) is 0 Å². The predicted octanol–water partition coefficient (Wildman–Crippen LogP) is 5.48. The SMILES string of the molecule is CC(C)Oc1cc(NP(=O)(CCl)c2ccccc2)c(F)cc1Cl. The van der Waals surface area contributed by atoms with Crippen LogP contribution in [0.4, 0.5) is 10.1 Å². The molecule has 0 saturated heterocycles. The molecule has 0 fully saturated rings. The third-order valence-electron chi connectivity index (χ3n) is 3.03. The van der Waals surface area contributed by atoms with E-state index in [0.717, 1.165) is 6.07 Å². The van der Waals surface area contributed by atoms with Gasteiger partial charge in [-0.25, -0.2) is 4.39 Å². The maximum Gasteiger partial charge on any atom is 0.212 e. The van der Waals surface area contributed by atoms with E-state index in [4.69, 9.17) is 27.9 Å². The Kier molecular flexibility index (Phi) is 5.96. The molecule has 2 aromatic rings. The average Bonchev–Trinajstić information content (AvgIpc) is 2.52. The van der Waals surface area contributed by atoms with Crippen LogP contribution in [0.5, 0.6) is 5.75 Å². The highest BCUT2D eigenvalue weighted by Gasteiger charge is 2.25. The minimum atomic E-state index is -3.19. The topological polar surface area (TPSA) is 38.3 Å².